The number of nitrogens with two attached hydrogens (primary N) is 1. The van der Waals surface area contributed by atoms with Crippen LogP contribution in [0.25, 0.3) is 0 Å². The third kappa shape index (κ3) is 5.30. The maximum Gasteiger partial charge on any atom is 0.255 e. The van der Waals surface area contributed by atoms with E-state index in [2.05, 4.69) is 26.3 Å². The molecule has 0 radical (unpaired) electrons. The van der Waals surface area contributed by atoms with Gasteiger partial charge in [-0.3, -0.25) is 14.7 Å². The molecule has 1 aliphatic rings. The van der Waals surface area contributed by atoms with Crippen LogP contribution in [-0.2, 0) is 11.3 Å². The van der Waals surface area contributed by atoms with E-state index in [0.717, 1.165) is 43.0 Å². The fraction of sp³-hybridized carbons (Fsp3) is 0.304. The average molecular weight is 435 g/mol. The van der Waals surface area contributed by atoms with Gasteiger partial charge >= 0.3 is 0 Å². The Bertz CT molecular complexity index is 1060. The first-order valence-corrected chi connectivity index (χ1v) is 10.4. The van der Waals surface area contributed by atoms with E-state index in [9.17, 15) is 4.79 Å². The summed E-state index contributed by atoms with van der Waals surface area (Å²) in [7, 11) is 1.58. The fourth-order valence-electron chi connectivity index (χ4n) is 3.86. The molecule has 0 spiro atoms. The second-order valence-corrected chi connectivity index (χ2v) is 7.53. The SMILES string of the molecule is COc1cc(CN2CCC[C@@H]2c2cccc(Nc3cnccn3)n2)ccc1OCC(N)=O. The summed E-state index contributed by atoms with van der Waals surface area (Å²) in [6.45, 7) is 1.55. The number of hydrogen-bond donors (Lipinski definition) is 2. The summed E-state index contributed by atoms with van der Waals surface area (Å²) < 4.78 is 10.9. The Hall–Kier alpha value is -3.72. The summed E-state index contributed by atoms with van der Waals surface area (Å²) in [4.78, 5) is 26.6. The molecule has 3 N–H and O–H groups in total. The highest BCUT2D eigenvalue weighted by atomic mass is 16.5. The van der Waals surface area contributed by atoms with Gasteiger partial charge in [0.25, 0.3) is 5.91 Å². The van der Waals surface area contributed by atoms with Crippen molar-refractivity contribution in [3.63, 3.8) is 0 Å². The first-order chi connectivity index (χ1) is 15.6. The zero-order valence-corrected chi connectivity index (χ0v) is 17.9. The predicted molar refractivity (Wildman–Crippen MR) is 120 cm³/mol. The number of pyridine rings is 1. The Balaban J connectivity index is 1.47. The van der Waals surface area contributed by atoms with Crippen molar-refractivity contribution in [1.29, 1.82) is 0 Å². The second-order valence-electron chi connectivity index (χ2n) is 7.53. The van der Waals surface area contributed by atoms with Gasteiger partial charge in [-0.15, -0.1) is 0 Å². The van der Waals surface area contributed by atoms with Gasteiger partial charge in [0, 0.05) is 18.9 Å². The van der Waals surface area contributed by atoms with Crippen molar-refractivity contribution < 1.29 is 14.3 Å². The number of likely N-dealkylation sites (tertiary alicyclic amines) is 1. The van der Waals surface area contributed by atoms with Crippen LogP contribution in [0.5, 0.6) is 11.5 Å². The van der Waals surface area contributed by atoms with Crippen LogP contribution in [0.2, 0.25) is 0 Å². The number of nitrogens with zero attached hydrogens (tertiary/aromatic N) is 4. The van der Waals surface area contributed by atoms with E-state index in [1.165, 1.54) is 0 Å². The van der Waals surface area contributed by atoms with E-state index < -0.39 is 5.91 Å². The smallest absolute Gasteiger partial charge is 0.255 e. The lowest BCUT2D eigenvalue weighted by molar-refractivity contribution is -0.119. The minimum atomic E-state index is -0.528. The molecule has 0 unspecified atom stereocenters. The van der Waals surface area contributed by atoms with Gasteiger partial charge < -0.3 is 20.5 Å². The Labute approximate surface area is 186 Å². The molecule has 1 atom stereocenters. The Morgan fingerprint density at radius 2 is 2.12 bits per heavy atom. The third-order valence-electron chi connectivity index (χ3n) is 5.28. The number of carbonyl (C=O) groups is 1. The van der Waals surface area contributed by atoms with Gasteiger partial charge in [0.15, 0.2) is 18.1 Å². The molecular formula is C23H26N6O3. The summed E-state index contributed by atoms with van der Waals surface area (Å²) in [5, 5.41) is 3.21. The lowest BCUT2D eigenvalue weighted by atomic mass is 10.1. The van der Waals surface area contributed by atoms with Crippen LogP contribution in [0.1, 0.15) is 30.1 Å². The number of hydrogen-bond acceptors (Lipinski definition) is 8. The van der Waals surface area contributed by atoms with Crippen molar-refractivity contribution >= 4 is 17.5 Å². The minimum Gasteiger partial charge on any atom is -0.493 e. The van der Waals surface area contributed by atoms with Gasteiger partial charge in [0.05, 0.1) is 25.0 Å². The Kier molecular flexibility index (Phi) is 6.76. The van der Waals surface area contributed by atoms with E-state index in [1.54, 1.807) is 25.7 Å². The van der Waals surface area contributed by atoms with Gasteiger partial charge in [-0.25, -0.2) is 9.97 Å². The van der Waals surface area contributed by atoms with E-state index in [0.29, 0.717) is 17.3 Å². The standard InChI is InChI=1S/C23H26N6O3/c1-31-20-12-16(7-8-19(20)32-15-21(24)30)14-29-11-3-5-18(29)17-4-2-6-22(27-17)28-23-13-25-9-10-26-23/h2,4,6-10,12-13,18H,3,5,11,14-15H2,1H3,(H2,24,30)(H,26,27,28)/t18-/m1/s1. The molecular weight excluding hydrogens is 408 g/mol. The molecule has 1 saturated heterocycles. The summed E-state index contributed by atoms with van der Waals surface area (Å²) in [6.07, 6.45) is 7.09. The fourth-order valence-corrected chi connectivity index (χ4v) is 3.86. The Morgan fingerprint density at radius 3 is 2.91 bits per heavy atom. The molecule has 2 aromatic heterocycles. The quantitative estimate of drug-likeness (QED) is 0.528. The molecule has 166 valence electrons. The molecule has 3 heterocycles. The molecule has 3 aromatic rings. The maximum atomic E-state index is 11.0. The zero-order chi connectivity index (χ0) is 22.3. The van der Waals surface area contributed by atoms with Crippen LogP contribution in [0.3, 0.4) is 0 Å². The van der Waals surface area contributed by atoms with Crippen LogP contribution in [-0.4, -0.2) is 46.0 Å². The average Bonchev–Trinajstić information content (AvgIpc) is 3.27. The van der Waals surface area contributed by atoms with Crippen molar-refractivity contribution in [2.45, 2.75) is 25.4 Å². The van der Waals surface area contributed by atoms with Crippen LogP contribution in [0.15, 0.2) is 55.0 Å². The zero-order valence-electron chi connectivity index (χ0n) is 17.9. The van der Waals surface area contributed by atoms with Crippen molar-refractivity contribution in [2.24, 2.45) is 5.73 Å². The van der Waals surface area contributed by atoms with E-state index >= 15 is 0 Å². The molecule has 1 amide bonds. The highest BCUT2D eigenvalue weighted by Gasteiger charge is 2.27. The molecule has 9 nitrogen and oxygen atoms in total. The number of nitrogens with one attached hydrogen (secondary N) is 1. The van der Waals surface area contributed by atoms with Gasteiger partial charge in [-0.1, -0.05) is 12.1 Å². The summed E-state index contributed by atoms with van der Waals surface area (Å²) in [5.74, 6) is 1.95. The number of amides is 1. The maximum absolute atomic E-state index is 11.0. The van der Waals surface area contributed by atoms with Crippen LogP contribution >= 0.6 is 0 Å². The predicted octanol–water partition coefficient (Wildman–Crippen LogP) is 2.83. The third-order valence-corrected chi connectivity index (χ3v) is 5.28. The monoisotopic (exact) mass is 434 g/mol. The first kappa shape index (κ1) is 21.5. The highest BCUT2D eigenvalue weighted by molar-refractivity contribution is 5.75. The number of benzene rings is 1. The molecule has 4 rings (SSSR count). The van der Waals surface area contributed by atoms with Crippen molar-refractivity contribution in [1.82, 2.24) is 19.9 Å². The number of rotatable bonds is 9. The van der Waals surface area contributed by atoms with Gasteiger partial charge in [0.2, 0.25) is 0 Å². The highest BCUT2D eigenvalue weighted by Crippen LogP contribution is 2.34. The number of aromatic nitrogens is 3. The van der Waals surface area contributed by atoms with E-state index in [1.807, 2.05) is 30.3 Å². The van der Waals surface area contributed by atoms with Gasteiger partial charge in [-0.05, 0) is 49.2 Å². The number of anilines is 2. The topological polar surface area (TPSA) is 115 Å². The lowest BCUT2D eigenvalue weighted by Crippen LogP contribution is -2.23. The summed E-state index contributed by atoms with van der Waals surface area (Å²) in [5.41, 5.74) is 7.28. The van der Waals surface area contributed by atoms with Gasteiger partial charge in [0.1, 0.15) is 11.6 Å². The number of methoxy groups -OCH3 is 1. The molecule has 0 aliphatic carbocycles. The van der Waals surface area contributed by atoms with Crippen molar-refractivity contribution in [3.8, 4) is 11.5 Å². The molecule has 1 aliphatic heterocycles. The van der Waals surface area contributed by atoms with Gasteiger partial charge in [-0.2, -0.15) is 0 Å². The normalized spacial score (nSPS) is 16.0. The summed E-state index contributed by atoms with van der Waals surface area (Å²) in [6, 6.07) is 11.9. The lowest BCUT2D eigenvalue weighted by Gasteiger charge is -2.25. The first-order valence-electron chi connectivity index (χ1n) is 10.4. The minimum absolute atomic E-state index is 0.186. The van der Waals surface area contributed by atoms with Crippen molar-refractivity contribution in [3.05, 3.63) is 66.2 Å². The summed E-state index contributed by atoms with van der Waals surface area (Å²) >= 11 is 0. The molecule has 0 bridgehead atoms. The molecule has 1 fully saturated rings. The van der Waals surface area contributed by atoms with E-state index in [4.69, 9.17) is 20.2 Å². The van der Waals surface area contributed by atoms with Crippen molar-refractivity contribution in [2.75, 3.05) is 25.6 Å². The number of primary amides is 1. The van der Waals surface area contributed by atoms with Crippen LogP contribution < -0.4 is 20.5 Å². The molecule has 9 heteroatoms. The molecule has 0 saturated carbocycles. The second kappa shape index (κ2) is 10.1. The largest absolute Gasteiger partial charge is 0.493 e. The van der Waals surface area contributed by atoms with E-state index in [-0.39, 0.29) is 12.6 Å². The number of ether oxygens (including phenoxy) is 2. The van der Waals surface area contributed by atoms with Crippen LogP contribution in [0, 0.1) is 0 Å². The Morgan fingerprint density at radius 1 is 1.22 bits per heavy atom. The molecule has 1 aromatic carbocycles. The van der Waals surface area contributed by atoms with Crippen LogP contribution in [0.4, 0.5) is 11.6 Å². The number of carbonyl (C=O) groups excluding carboxylic acids is 1. The molecule has 32 heavy (non-hydrogen) atoms.